The van der Waals surface area contributed by atoms with Gasteiger partial charge in [0.15, 0.2) is 11.5 Å². The number of unbranched alkanes of at least 4 members (excludes halogenated alkanes) is 1. The lowest BCUT2D eigenvalue weighted by atomic mass is 9.82. The number of aliphatic hydroxyl groups excluding tert-OH is 1. The molecule has 3 atom stereocenters. The number of methoxy groups -OCH3 is 3. The van der Waals surface area contributed by atoms with Gasteiger partial charge in [0.2, 0.25) is 5.75 Å². The normalized spacial score (nSPS) is 19.9. The topological polar surface area (TPSA) is 244 Å². The number of carbonyl (C=O) groups excluding carboxylic acids is 1. The zero-order valence-corrected chi connectivity index (χ0v) is 53.4. The number of aliphatic hydroxyl groups is 1. The number of nitrogens with one attached hydrogen (secondary N) is 1. The first-order chi connectivity index (χ1) is 43.3. The number of esters is 1. The van der Waals surface area contributed by atoms with Crippen molar-refractivity contribution in [1.29, 1.82) is 0 Å². The lowest BCUT2D eigenvalue weighted by molar-refractivity contribution is -0.145. The minimum atomic E-state index is -0.876. The number of carboxylic acid groups (broad SMARTS) is 1. The van der Waals surface area contributed by atoms with Crippen LogP contribution in [0.4, 0.5) is 0 Å². The molecule has 1 unspecified atom stereocenters. The Hall–Kier alpha value is -6.71. The van der Waals surface area contributed by atoms with Crippen molar-refractivity contribution < 1.29 is 81.4 Å². The van der Waals surface area contributed by atoms with Gasteiger partial charge in [0, 0.05) is 80.9 Å². The summed E-state index contributed by atoms with van der Waals surface area (Å²) < 4.78 is 74.7. The molecule has 5 aliphatic heterocycles. The third kappa shape index (κ3) is 17.2. The number of nitrogens with zero attached hydrogens (tertiary/aromatic N) is 3. The molecule has 0 amide bonds. The van der Waals surface area contributed by atoms with Crippen LogP contribution in [0.2, 0.25) is 0 Å². The number of aliphatic imine (C=N–C) groups is 3. The van der Waals surface area contributed by atoms with Gasteiger partial charge < -0.3 is 77.1 Å². The fourth-order valence-electron chi connectivity index (χ4n) is 12.0. The number of carbonyl (C=O) groups is 2. The molecule has 2 fully saturated rings. The minimum absolute atomic E-state index is 0.00124. The van der Waals surface area contributed by atoms with Crippen molar-refractivity contribution in [3.63, 3.8) is 0 Å². The molecular weight excluding hydrogens is 1140 g/mol. The van der Waals surface area contributed by atoms with Crippen molar-refractivity contribution in [3.05, 3.63) is 109 Å². The highest BCUT2D eigenvalue weighted by molar-refractivity contribution is 6.22. The molecule has 1 saturated carbocycles. The molecule has 2 aliphatic carbocycles. The highest BCUT2D eigenvalue weighted by Gasteiger charge is 2.66. The number of rotatable bonds is 39. The van der Waals surface area contributed by atoms with E-state index in [1.807, 2.05) is 13.0 Å². The average Bonchev–Trinajstić information content (AvgIpc) is 1.52. The van der Waals surface area contributed by atoms with Gasteiger partial charge in [-0.3, -0.25) is 9.59 Å². The molecule has 1 aromatic carbocycles. The number of aliphatic carboxylic acids is 1. The first-order valence-electron chi connectivity index (χ1n) is 31.1. The molecule has 8 bridgehead atoms. The molecule has 484 valence electrons. The van der Waals surface area contributed by atoms with Crippen molar-refractivity contribution in [2.45, 2.75) is 99.5 Å². The van der Waals surface area contributed by atoms with E-state index in [2.05, 4.69) is 57.9 Å². The fraction of sp³-hybridized carbons (Fsp3) is 0.574. The molecule has 0 aromatic heterocycles. The lowest BCUT2D eigenvalue weighted by Gasteiger charge is -2.20. The molecule has 1 saturated heterocycles. The highest BCUT2D eigenvalue weighted by atomic mass is 16.6. The van der Waals surface area contributed by atoms with Crippen molar-refractivity contribution in [2.24, 2.45) is 32.2 Å². The summed E-state index contributed by atoms with van der Waals surface area (Å²) >= 11 is 0. The van der Waals surface area contributed by atoms with E-state index in [-0.39, 0.29) is 83.1 Å². The van der Waals surface area contributed by atoms with Gasteiger partial charge in [-0.05, 0) is 110 Å². The van der Waals surface area contributed by atoms with Gasteiger partial charge in [0.1, 0.15) is 32.2 Å². The van der Waals surface area contributed by atoms with Crippen LogP contribution in [0.15, 0.2) is 118 Å². The summed E-state index contributed by atoms with van der Waals surface area (Å²) in [6.45, 7) is 18.8. The number of allylic oxidation sites excluding steroid dienone is 12. The molecule has 0 radical (unpaired) electrons. The van der Waals surface area contributed by atoms with Gasteiger partial charge in [-0.1, -0.05) is 32.6 Å². The van der Waals surface area contributed by atoms with Crippen LogP contribution < -0.4 is 19.5 Å². The predicted octanol–water partition coefficient (Wildman–Crippen LogP) is 9.40. The van der Waals surface area contributed by atoms with Gasteiger partial charge >= 0.3 is 11.9 Å². The van der Waals surface area contributed by atoms with Crippen LogP contribution in [0.1, 0.15) is 98.5 Å². The Morgan fingerprint density at radius 2 is 1.21 bits per heavy atom. The largest absolute Gasteiger partial charge is 0.511 e. The second-order valence-corrected chi connectivity index (χ2v) is 22.4. The molecule has 7 aliphatic rings. The summed E-state index contributed by atoms with van der Waals surface area (Å²) in [4.78, 5) is 42.0. The Kier molecular flexibility index (Phi) is 26.0. The molecule has 89 heavy (non-hydrogen) atoms. The lowest BCUT2D eigenvalue weighted by Crippen LogP contribution is -2.18. The third-order valence-electron chi connectivity index (χ3n) is 16.7. The summed E-state index contributed by atoms with van der Waals surface area (Å²) in [6.07, 6.45) is 7.31. The summed E-state index contributed by atoms with van der Waals surface area (Å²) in [5, 5.41) is 25.4. The number of hydrogen-bond acceptors (Lipinski definition) is 20. The van der Waals surface area contributed by atoms with Crippen molar-refractivity contribution in [3.8, 4) is 29.1 Å². The second-order valence-electron chi connectivity index (χ2n) is 22.4. The number of benzene rings is 1. The van der Waals surface area contributed by atoms with Crippen LogP contribution in [-0.4, -0.2) is 180 Å². The molecular formula is C68H90N4O17. The van der Waals surface area contributed by atoms with Crippen LogP contribution in [-0.2, 0) is 63.6 Å². The first-order valence-corrected chi connectivity index (χ1v) is 31.1. The van der Waals surface area contributed by atoms with E-state index in [0.717, 1.165) is 79.8 Å². The van der Waals surface area contributed by atoms with E-state index >= 15 is 0 Å². The van der Waals surface area contributed by atoms with E-state index in [9.17, 15) is 19.8 Å². The fourth-order valence-corrected chi connectivity index (χ4v) is 12.0. The number of ether oxygens (including phenoxy) is 13. The standard InChI is InChI=1S/C68H90N4O17/c1-10-49-43(3)53-39-56-50(11-2)44(4)63(71-56)51(15-13-12-14-16-60(74)75)64-46(6)68(67(72-64)52-38-57(73)62-45(5)54(70-65(52)62)40-55(49)69-53)41-48(68)37-61(76)89-42-47-35-58(86-32-29-83-26-23-80-20-17-77-7)66(88-34-31-85-28-25-82-22-19-79-9)59(36-47)87-33-30-84-27-24-81-21-18-78-8/h35-36,39-40,46,48,72-73H,10-12,14,16-34,37-38,41-42H2,1-9H3,(H,74,75)/t46-,48?,68+/m1/s1. The third-order valence-corrected chi connectivity index (χ3v) is 16.7. The summed E-state index contributed by atoms with van der Waals surface area (Å²) in [5.74, 6) is 6.42. The van der Waals surface area contributed by atoms with Gasteiger partial charge in [-0.25, -0.2) is 15.0 Å². The maximum Gasteiger partial charge on any atom is 0.306 e. The number of hydrogen-bond donors (Lipinski definition) is 3. The van der Waals surface area contributed by atoms with E-state index in [4.69, 9.17) is 76.6 Å². The Labute approximate surface area is 523 Å². The van der Waals surface area contributed by atoms with Crippen molar-refractivity contribution in [1.82, 2.24) is 5.32 Å². The van der Waals surface area contributed by atoms with E-state index in [1.165, 1.54) is 0 Å². The highest BCUT2D eigenvalue weighted by Crippen LogP contribution is 2.69. The van der Waals surface area contributed by atoms with Gasteiger partial charge in [0.25, 0.3) is 0 Å². The Morgan fingerprint density at radius 1 is 0.674 bits per heavy atom. The molecule has 1 aromatic rings. The summed E-state index contributed by atoms with van der Waals surface area (Å²) in [5.41, 5.74) is 13.8. The van der Waals surface area contributed by atoms with Gasteiger partial charge in [-0.2, -0.15) is 0 Å². The maximum absolute atomic E-state index is 14.5. The zero-order chi connectivity index (χ0) is 63.3. The van der Waals surface area contributed by atoms with E-state index < -0.39 is 17.4 Å². The molecule has 8 rings (SSSR count). The number of fused-ring (bicyclic) bond motifs is 6. The molecule has 21 heteroatoms. The van der Waals surface area contributed by atoms with Crippen molar-refractivity contribution >= 4 is 29.1 Å². The Balaban J connectivity index is 1.09. The smallest absolute Gasteiger partial charge is 0.306 e. The quantitative estimate of drug-likeness (QED) is 0.0316. The Bertz CT molecular complexity index is 3120. The predicted molar refractivity (Wildman–Crippen MR) is 335 cm³/mol. The maximum atomic E-state index is 14.5. The molecule has 3 N–H and O–H groups in total. The molecule has 5 heterocycles. The van der Waals surface area contributed by atoms with E-state index in [0.29, 0.717) is 145 Å². The molecule has 21 nitrogen and oxygen atoms in total. The first kappa shape index (κ1) is 68.2. The molecule has 1 spiro atoms. The minimum Gasteiger partial charge on any atom is -0.511 e. The summed E-state index contributed by atoms with van der Waals surface area (Å²) in [7, 11) is 4.86. The van der Waals surface area contributed by atoms with E-state index in [1.54, 1.807) is 33.5 Å². The van der Waals surface area contributed by atoms with Crippen LogP contribution >= 0.6 is 0 Å². The van der Waals surface area contributed by atoms with Gasteiger partial charge in [-0.15, -0.1) is 0 Å². The zero-order valence-electron chi connectivity index (χ0n) is 53.4. The summed E-state index contributed by atoms with van der Waals surface area (Å²) in [6, 6.07) is 3.55. The van der Waals surface area contributed by atoms with Crippen LogP contribution in [0.25, 0.3) is 0 Å². The number of carboxylic acids is 1. The second kappa shape index (κ2) is 33.9. The van der Waals surface area contributed by atoms with Crippen molar-refractivity contribution in [2.75, 3.05) is 140 Å². The monoisotopic (exact) mass is 1230 g/mol. The SMILES string of the molecule is CCC1=C(C)C2=NC1=CC1=C(C)C3=C(O)CC(=C4NC(=C(C#CCCCC(=O)O)C5=NC(=C2)C(CC)=C5C)[C@@H](C)[C@]42CC2CC(=O)OCc2cc(OCCOCCOCCOC)c(OCCOCCOCCOC)c(OCCOCCOCCOC)c2)C3=N1. The van der Waals surface area contributed by atoms with Crippen LogP contribution in [0.5, 0.6) is 17.2 Å². The van der Waals surface area contributed by atoms with Crippen LogP contribution in [0, 0.1) is 29.1 Å². The average molecular weight is 1240 g/mol. The Morgan fingerprint density at radius 3 is 1.78 bits per heavy atom. The van der Waals surface area contributed by atoms with Crippen LogP contribution in [0.3, 0.4) is 0 Å². The van der Waals surface area contributed by atoms with Gasteiger partial charge in [0.05, 0.1) is 139 Å².